The van der Waals surface area contributed by atoms with Crippen LogP contribution in [-0.2, 0) is 21.1 Å². The van der Waals surface area contributed by atoms with Gasteiger partial charge in [0.2, 0.25) is 5.91 Å². The third-order valence-corrected chi connectivity index (χ3v) is 7.21. The predicted molar refractivity (Wildman–Crippen MR) is 114 cm³/mol. The zero-order chi connectivity index (χ0) is 21.3. The molecular formula is C22H23FN2O4S. The monoisotopic (exact) mass is 430 g/mol. The van der Waals surface area contributed by atoms with Crippen LogP contribution in [0.2, 0.25) is 0 Å². The number of nitrogens with one attached hydrogen (secondary N) is 2. The van der Waals surface area contributed by atoms with Gasteiger partial charge in [0.25, 0.3) is 0 Å². The highest BCUT2D eigenvalue weighted by molar-refractivity contribution is 7.91. The Labute approximate surface area is 174 Å². The zero-order valence-corrected chi connectivity index (χ0v) is 17.4. The van der Waals surface area contributed by atoms with Gasteiger partial charge in [0.1, 0.15) is 11.6 Å². The van der Waals surface area contributed by atoms with Crippen molar-refractivity contribution in [1.29, 1.82) is 0 Å². The molecule has 1 atom stereocenters. The number of fused-ring (bicyclic) bond motifs is 1. The molecule has 0 spiro atoms. The molecule has 3 aromatic rings. The molecule has 2 aromatic carbocycles. The van der Waals surface area contributed by atoms with E-state index in [-0.39, 0.29) is 35.7 Å². The van der Waals surface area contributed by atoms with Gasteiger partial charge >= 0.3 is 0 Å². The van der Waals surface area contributed by atoms with Crippen molar-refractivity contribution in [1.82, 2.24) is 10.3 Å². The number of benzene rings is 2. The van der Waals surface area contributed by atoms with Crippen LogP contribution in [0.5, 0.6) is 5.75 Å². The number of halogens is 1. The molecule has 1 unspecified atom stereocenters. The number of aromatic amines is 1. The van der Waals surface area contributed by atoms with Crippen LogP contribution < -0.4 is 10.1 Å². The number of carbonyl (C=O) groups is 1. The van der Waals surface area contributed by atoms with Gasteiger partial charge in [0, 0.05) is 29.1 Å². The molecule has 1 aromatic heterocycles. The second-order valence-corrected chi connectivity index (χ2v) is 9.79. The maximum atomic E-state index is 13.9. The standard InChI is InChI=1S/C22H23FN2O4S/c1-29-17-5-2-14(3-6-17)22-18(19-12-15(23)4-8-20(19)25-22)7-9-21(26)24-16-10-11-30(27,28)13-16/h2-6,8,12,16,25H,7,9-11,13H2,1H3,(H,24,26). The van der Waals surface area contributed by atoms with E-state index in [2.05, 4.69) is 10.3 Å². The number of hydrogen-bond acceptors (Lipinski definition) is 4. The van der Waals surface area contributed by atoms with Crippen LogP contribution in [0.4, 0.5) is 4.39 Å². The van der Waals surface area contributed by atoms with Crippen LogP contribution in [0, 0.1) is 5.82 Å². The second-order valence-electron chi connectivity index (χ2n) is 7.56. The first-order chi connectivity index (χ1) is 14.3. The van der Waals surface area contributed by atoms with Crippen molar-refractivity contribution in [2.75, 3.05) is 18.6 Å². The molecule has 30 heavy (non-hydrogen) atoms. The first-order valence-electron chi connectivity index (χ1n) is 9.79. The third kappa shape index (κ3) is 4.33. The normalized spacial score (nSPS) is 17.9. The molecule has 0 bridgehead atoms. The number of H-pyrrole nitrogens is 1. The Hall–Kier alpha value is -2.87. The van der Waals surface area contributed by atoms with Crippen LogP contribution in [-0.4, -0.2) is 44.0 Å². The lowest BCUT2D eigenvalue weighted by atomic mass is 10.0. The molecule has 1 aliphatic heterocycles. The summed E-state index contributed by atoms with van der Waals surface area (Å²) < 4.78 is 42.3. The van der Waals surface area contributed by atoms with Gasteiger partial charge in [-0.2, -0.15) is 0 Å². The van der Waals surface area contributed by atoms with E-state index >= 15 is 0 Å². The lowest BCUT2D eigenvalue weighted by Crippen LogP contribution is -2.35. The summed E-state index contributed by atoms with van der Waals surface area (Å²) in [6, 6.07) is 11.7. The van der Waals surface area contributed by atoms with Gasteiger partial charge in [0.15, 0.2) is 9.84 Å². The molecule has 4 rings (SSSR count). The fraction of sp³-hybridized carbons (Fsp3) is 0.318. The number of carbonyl (C=O) groups excluding carboxylic acids is 1. The molecule has 2 heterocycles. The Balaban J connectivity index is 1.58. The Morgan fingerprint density at radius 1 is 1.23 bits per heavy atom. The second kappa shape index (κ2) is 8.10. The molecule has 0 aliphatic carbocycles. The van der Waals surface area contributed by atoms with E-state index in [9.17, 15) is 17.6 Å². The number of ether oxygens (including phenoxy) is 1. The first kappa shape index (κ1) is 20.4. The number of sulfone groups is 1. The van der Waals surface area contributed by atoms with Crippen LogP contribution in [0.3, 0.4) is 0 Å². The Bertz CT molecular complexity index is 1190. The molecule has 1 saturated heterocycles. The van der Waals surface area contributed by atoms with Crippen LogP contribution in [0.1, 0.15) is 18.4 Å². The van der Waals surface area contributed by atoms with Crippen molar-refractivity contribution >= 4 is 26.6 Å². The van der Waals surface area contributed by atoms with E-state index in [0.717, 1.165) is 33.5 Å². The summed E-state index contributed by atoms with van der Waals surface area (Å²) in [7, 11) is -1.46. The van der Waals surface area contributed by atoms with E-state index < -0.39 is 9.84 Å². The summed E-state index contributed by atoms with van der Waals surface area (Å²) in [5, 5.41) is 3.55. The highest BCUT2D eigenvalue weighted by Crippen LogP contribution is 2.32. The van der Waals surface area contributed by atoms with Crippen molar-refractivity contribution in [3.8, 4) is 17.0 Å². The summed E-state index contributed by atoms with van der Waals surface area (Å²) in [6.45, 7) is 0. The summed E-state index contributed by atoms with van der Waals surface area (Å²) in [5.41, 5.74) is 3.38. The molecule has 1 amide bonds. The average molecular weight is 431 g/mol. The highest BCUT2D eigenvalue weighted by atomic mass is 32.2. The van der Waals surface area contributed by atoms with Crippen molar-refractivity contribution in [3.05, 3.63) is 53.8 Å². The van der Waals surface area contributed by atoms with E-state index in [4.69, 9.17) is 4.74 Å². The van der Waals surface area contributed by atoms with Gasteiger partial charge in [-0.15, -0.1) is 0 Å². The zero-order valence-electron chi connectivity index (χ0n) is 16.6. The quantitative estimate of drug-likeness (QED) is 0.629. The van der Waals surface area contributed by atoms with Crippen molar-refractivity contribution < 1.29 is 22.3 Å². The van der Waals surface area contributed by atoms with Gasteiger partial charge in [-0.25, -0.2) is 12.8 Å². The van der Waals surface area contributed by atoms with E-state index in [1.807, 2.05) is 24.3 Å². The Kier molecular flexibility index (Phi) is 5.51. The highest BCUT2D eigenvalue weighted by Gasteiger charge is 2.28. The number of methoxy groups -OCH3 is 1. The van der Waals surface area contributed by atoms with Crippen molar-refractivity contribution in [2.24, 2.45) is 0 Å². The molecule has 158 valence electrons. The maximum absolute atomic E-state index is 13.9. The number of aryl methyl sites for hydroxylation is 1. The van der Waals surface area contributed by atoms with Crippen LogP contribution >= 0.6 is 0 Å². The maximum Gasteiger partial charge on any atom is 0.220 e. The molecule has 0 saturated carbocycles. The smallest absolute Gasteiger partial charge is 0.220 e. The number of rotatable bonds is 6. The minimum atomic E-state index is -3.05. The molecule has 6 nitrogen and oxygen atoms in total. The van der Waals surface area contributed by atoms with Gasteiger partial charge in [-0.05, 0) is 66.4 Å². The molecule has 8 heteroatoms. The van der Waals surface area contributed by atoms with Crippen LogP contribution in [0.25, 0.3) is 22.2 Å². The number of amides is 1. The van der Waals surface area contributed by atoms with E-state index in [0.29, 0.717) is 12.8 Å². The fourth-order valence-corrected chi connectivity index (χ4v) is 5.60. The predicted octanol–water partition coefficient (Wildman–Crippen LogP) is 3.22. The Morgan fingerprint density at radius 2 is 2.00 bits per heavy atom. The minimum Gasteiger partial charge on any atom is -0.497 e. The van der Waals surface area contributed by atoms with Gasteiger partial charge in [-0.3, -0.25) is 4.79 Å². The topological polar surface area (TPSA) is 88.3 Å². The lowest BCUT2D eigenvalue weighted by Gasteiger charge is -2.11. The first-order valence-corrected chi connectivity index (χ1v) is 11.6. The van der Waals surface area contributed by atoms with Crippen molar-refractivity contribution in [2.45, 2.75) is 25.3 Å². The average Bonchev–Trinajstić information content (AvgIpc) is 3.25. The molecule has 1 aliphatic rings. The minimum absolute atomic E-state index is 0.00582. The molecule has 0 radical (unpaired) electrons. The molecule has 2 N–H and O–H groups in total. The summed E-state index contributed by atoms with van der Waals surface area (Å²) >= 11 is 0. The van der Waals surface area contributed by atoms with E-state index in [1.54, 1.807) is 13.2 Å². The van der Waals surface area contributed by atoms with Gasteiger partial charge in [-0.1, -0.05) is 0 Å². The largest absolute Gasteiger partial charge is 0.497 e. The SMILES string of the molecule is COc1ccc(-c2[nH]c3ccc(F)cc3c2CCC(=O)NC2CCS(=O)(=O)C2)cc1. The van der Waals surface area contributed by atoms with Gasteiger partial charge in [0.05, 0.1) is 18.6 Å². The third-order valence-electron chi connectivity index (χ3n) is 5.45. The summed E-state index contributed by atoms with van der Waals surface area (Å²) in [5.74, 6) is 0.289. The van der Waals surface area contributed by atoms with Gasteiger partial charge < -0.3 is 15.0 Å². The number of hydrogen-bond donors (Lipinski definition) is 2. The summed E-state index contributed by atoms with van der Waals surface area (Å²) in [6.07, 6.45) is 1.03. The molecule has 1 fully saturated rings. The van der Waals surface area contributed by atoms with Crippen molar-refractivity contribution in [3.63, 3.8) is 0 Å². The lowest BCUT2D eigenvalue weighted by molar-refractivity contribution is -0.121. The fourth-order valence-electron chi connectivity index (χ4n) is 3.93. The van der Waals surface area contributed by atoms with E-state index in [1.165, 1.54) is 12.1 Å². The van der Waals surface area contributed by atoms with Crippen LogP contribution in [0.15, 0.2) is 42.5 Å². The molecular weight excluding hydrogens is 407 g/mol. The number of aromatic nitrogens is 1. The summed E-state index contributed by atoms with van der Waals surface area (Å²) in [4.78, 5) is 15.8. The Morgan fingerprint density at radius 3 is 2.67 bits per heavy atom.